The zero-order chi connectivity index (χ0) is 16.0. The topological polar surface area (TPSA) is 80.6 Å². The number of hydrogen-bond acceptors (Lipinski definition) is 4. The minimum atomic E-state index is -0.784. The number of amides is 1. The fourth-order valence-electron chi connectivity index (χ4n) is 2.23. The minimum absolute atomic E-state index is 0.0521. The van der Waals surface area contributed by atoms with E-state index in [1.165, 1.54) is 4.57 Å². The lowest BCUT2D eigenvalue weighted by Crippen LogP contribution is -2.38. The van der Waals surface area contributed by atoms with Crippen molar-refractivity contribution in [2.45, 2.75) is 33.3 Å². The Hall–Kier alpha value is -1.66. The van der Waals surface area contributed by atoms with E-state index < -0.39 is 12.0 Å². The Morgan fingerprint density at radius 3 is 2.71 bits per heavy atom. The summed E-state index contributed by atoms with van der Waals surface area (Å²) in [5.74, 6) is -0.475. The van der Waals surface area contributed by atoms with Crippen LogP contribution < -0.4 is 10.9 Å². The Kier molecular flexibility index (Phi) is 6.58. The molecule has 1 atom stereocenters. The largest absolute Gasteiger partial charge is 0.389 e. The molecule has 0 aromatic carbocycles. The molecule has 6 nitrogen and oxygen atoms in total. The van der Waals surface area contributed by atoms with Crippen LogP contribution >= 0.6 is 0 Å². The van der Waals surface area contributed by atoms with Crippen molar-refractivity contribution < 1.29 is 14.6 Å². The van der Waals surface area contributed by atoms with Crippen molar-refractivity contribution in [3.63, 3.8) is 0 Å². The number of rotatable bonds is 7. The normalized spacial score (nSPS) is 12.2. The molecule has 0 fully saturated rings. The van der Waals surface area contributed by atoms with Crippen LogP contribution in [0.3, 0.4) is 0 Å². The van der Waals surface area contributed by atoms with Gasteiger partial charge in [0, 0.05) is 25.9 Å². The molecule has 0 aliphatic rings. The van der Waals surface area contributed by atoms with Gasteiger partial charge < -0.3 is 19.7 Å². The second-order valence-electron chi connectivity index (χ2n) is 4.93. The van der Waals surface area contributed by atoms with Gasteiger partial charge in [0.15, 0.2) is 0 Å². The second-order valence-corrected chi connectivity index (χ2v) is 4.93. The predicted molar refractivity (Wildman–Crippen MR) is 80.6 cm³/mol. The van der Waals surface area contributed by atoms with Crippen molar-refractivity contribution in [2.75, 3.05) is 19.8 Å². The summed E-state index contributed by atoms with van der Waals surface area (Å²) in [5.41, 5.74) is 1.58. The van der Waals surface area contributed by atoms with Gasteiger partial charge in [-0.05, 0) is 31.9 Å². The average molecular weight is 296 g/mol. The molecule has 1 aromatic rings. The Labute approximate surface area is 124 Å². The third kappa shape index (κ3) is 4.41. The first-order valence-corrected chi connectivity index (χ1v) is 7.15. The molecular formula is C15H24N2O4. The highest BCUT2D eigenvalue weighted by atomic mass is 16.5. The molecule has 118 valence electrons. The number of nitrogens with zero attached hydrogens (tertiary/aromatic N) is 1. The van der Waals surface area contributed by atoms with Gasteiger partial charge in [0.1, 0.15) is 5.56 Å². The number of aromatic nitrogens is 1. The highest BCUT2D eigenvalue weighted by Crippen LogP contribution is 2.07. The summed E-state index contributed by atoms with van der Waals surface area (Å²) in [4.78, 5) is 24.2. The standard InChI is InChI=1S/C15H24N2O4/c1-5-13-10(3)7-12(15(20)17(13)4)14(19)16-8-11(18)9-21-6-2/h7,11,18H,5-6,8-9H2,1-4H3,(H,16,19)/t11-/m1/s1. The first kappa shape index (κ1) is 17.4. The number of aliphatic hydroxyl groups excluding tert-OH is 1. The Morgan fingerprint density at radius 1 is 1.48 bits per heavy atom. The number of aliphatic hydroxyl groups is 1. The van der Waals surface area contributed by atoms with Crippen LogP contribution in [0.15, 0.2) is 10.9 Å². The van der Waals surface area contributed by atoms with Gasteiger partial charge >= 0.3 is 0 Å². The van der Waals surface area contributed by atoms with Crippen molar-refractivity contribution in [2.24, 2.45) is 7.05 Å². The van der Waals surface area contributed by atoms with Crippen molar-refractivity contribution >= 4 is 5.91 Å². The molecule has 0 aliphatic carbocycles. The van der Waals surface area contributed by atoms with Gasteiger partial charge in [-0.2, -0.15) is 0 Å². The lowest BCUT2D eigenvalue weighted by Gasteiger charge is -2.14. The summed E-state index contributed by atoms with van der Waals surface area (Å²) < 4.78 is 6.56. The Morgan fingerprint density at radius 2 is 2.14 bits per heavy atom. The number of pyridine rings is 1. The van der Waals surface area contributed by atoms with Crippen LogP contribution in [-0.4, -0.2) is 41.4 Å². The van der Waals surface area contributed by atoms with Gasteiger partial charge in [-0.15, -0.1) is 0 Å². The lowest BCUT2D eigenvalue weighted by molar-refractivity contribution is 0.0418. The minimum Gasteiger partial charge on any atom is -0.389 e. The molecule has 0 radical (unpaired) electrons. The van der Waals surface area contributed by atoms with Gasteiger partial charge in [-0.1, -0.05) is 6.92 Å². The predicted octanol–water partition coefficient (Wildman–Crippen LogP) is 0.383. The first-order valence-electron chi connectivity index (χ1n) is 7.15. The van der Waals surface area contributed by atoms with E-state index in [1.54, 1.807) is 13.1 Å². The monoisotopic (exact) mass is 296 g/mol. The van der Waals surface area contributed by atoms with Crippen LogP contribution in [0.4, 0.5) is 0 Å². The van der Waals surface area contributed by atoms with Crippen LogP contribution in [0, 0.1) is 6.92 Å². The molecule has 0 spiro atoms. The maximum atomic E-state index is 12.2. The molecule has 6 heteroatoms. The molecule has 21 heavy (non-hydrogen) atoms. The third-order valence-corrected chi connectivity index (χ3v) is 3.35. The van der Waals surface area contributed by atoms with Crippen LogP contribution in [0.25, 0.3) is 0 Å². The van der Waals surface area contributed by atoms with Crippen molar-refractivity contribution in [1.29, 1.82) is 0 Å². The SMILES string of the molecule is CCOC[C@H](O)CNC(=O)c1cc(C)c(CC)n(C)c1=O. The number of hydrogen-bond donors (Lipinski definition) is 2. The molecule has 0 saturated carbocycles. The van der Waals surface area contributed by atoms with E-state index in [0.29, 0.717) is 6.61 Å². The average Bonchev–Trinajstić information content (AvgIpc) is 2.46. The van der Waals surface area contributed by atoms with Crippen molar-refractivity contribution in [3.05, 3.63) is 33.2 Å². The van der Waals surface area contributed by atoms with Gasteiger partial charge in [0.2, 0.25) is 0 Å². The zero-order valence-corrected chi connectivity index (χ0v) is 13.1. The fourth-order valence-corrected chi connectivity index (χ4v) is 2.23. The van der Waals surface area contributed by atoms with E-state index in [9.17, 15) is 14.7 Å². The molecule has 0 saturated heterocycles. The quantitative estimate of drug-likeness (QED) is 0.762. The lowest BCUT2D eigenvalue weighted by atomic mass is 10.1. The second kappa shape index (κ2) is 7.95. The number of nitrogens with one attached hydrogen (secondary N) is 1. The van der Waals surface area contributed by atoms with Crippen LogP contribution in [0.2, 0.25) is 0 Å². The maximum Gasteiger partial charge on any atom is 0.263 e. The summed E-state index contributed by atoms with van der Waals surface area (Å²) in [6.07, 6.45) is -0.0548. The van der Waals surface area contributed by atoms with Gasteiger partial charge in [0.25, 0.3) is 11.5 Å². The number of carbonyl (C=O) groups excluding carboxylic acids is 1. The van der Waals surface area contributed by atoms with Gasteiger partial charge in [-0.25, -0.2) is 0 Å². The Bertz CT molecular complexity index is 551. The Balaban J connectivity index is 2.82. The summed E-state index contributed by atoms with van der Waals surface area (Å²) in [5, 5.41) is 12.2. The molecule has 0 bridgehead atoms. The smallest absolute Gasteiger partial charge is 0.263 e. The molecule has 1 amide bonds. The van der Waals surface area contributed by atoms with E-state index >= 15 is 0 Å². The summed E-state index contributed by atoms with van der Waals surface area (Å²) in [6, 6.07) is 1.60. The number of carbonyl (C=O) groups is 1. The number of ether oxygens (including phenoxy) is 1. The highest BCUT2D eigenvalue weighted by Gasteiger charge is 2.16. The fraction of sp³-hybridized carbons (Fsp3) is 0.600. The summed E-state index contributed by atoms with van der Waals surface area (Å²) >= 11 is 0. The molecule has 0 aliphatic heterocycles. The van der Waals surface area contributed by atoms with E-state index in [-0.39, 0.29) is 24.3 Å². The van der Waals surface area contributed by atoms with Crippen LogP contribution in [0.1, 0.15) is 35.5 Å². The van der Waals surface area contributed by atoms with Crippen molar-refractivity contribution in [3.8, 4) is 0 Å². The van der Waals surface area contributed by atoms with E-state index in [2.05, 4.69) is 5.32 Å². The molecule has 1 aromatic heterocycles. The molecule has 1 heterocycles. The molecule has 1 rings (SSSR count). The maximum absolute atomic E-state index is 12.2. The van der Waals surface area contributed by atoms with E-state index in [4.69, 9.17) is 4.74 Å². The zero-order valence-electron chi connectivity index (χ0n) is 13.1. The molecular weight excluding hydrogens is 272 g/mol. The third-order valence-electron chi connectivity index (χ3n) is 3.35. The van der Waals surface area contributed by atoms with E-state index in [0.717, 1.165) is 17.7 Å². The van der Waals surface area contributed by atoms with Crippen LogP contribution in [-0.2, 0) is 18.2 Å². The van der Waals surface area contributed by atoms with Crippen molar-refractivity contribution in [1.82, 2.24) is 9.88 Å². The first-order chi connectivity index (χ1) is 9.92. The van der Waals surface area contributed by atoms with E-state index in [1.807, 2.05) is 20.8 Å². The van der Waals surface area contributed by atoms with Gasteiger partial charge in [0.05, 0.1) is 12.7 Å². The summed E-state index contributed by atoms with van der Waals surface area (Å²) in [7, 11) is 1.66. The number of aryl methyl sites for hydroxylation is 1. The van der Waals surface area contributed by atoms with Gasteiger partial charge in [-0.3, -0.25) is 9.59 Å². The highest BCUT2D eigenvalue weighted by molar-refractivity contribution is 5.94. The molecule has 0 unspecified atom stereocenters. The molecule has 2 N–H and O–H groups in total. The van der Waals surface area contributed by atoms with Crippen LogP contribution in [0.5, 0.6) is 0 Å². The summed E-state index contributed by atoms with van der Waals surface area (Å²) in [6.45, 7) is 6.38.